The van der Waals surface area contributed by atoms with Crippen molar-refractivity contribution in [2.24, 2.45) is 5.92 Å². The molecule has 0 saturated heterocycles. The quantitative estimate of drug-likeness (QED) is 0.831. The number of hydrogen-bond donors (Lipinski definition) is 0. The lowest BCUT2D eigenvalue weighted by Gasteiger charge is -2.21. The van der Waals surface area contributed by atoms with Crippen LogP contribution in [0.4, 0.5) is 0 Å². The van der Waals surface area contributed by atoms with E-state index in [1.807, 2.05) is 19.2 Å². The molecule has 100 valence electrons. The number of carbonyl (C=O) groups is 1. The number of rotatable bonds is 5. The summed E-state index contributed by atoms with van der Waals surface area (Å²) in [6, 6.07) is 5.43. The van der Waals surface area contributed by atoms with Crippen LogP contribution in [0.2, 0.25) is 0 Å². The average molecular weight is 314 g/mol. The summed E-state index contributed by atoms with van der Waals surface area (Å²) in [4.78, 5) is 14.1. The molecule has 0 saturated carbocycles. The number of benzene rings is 1. The molecule has 1 aromatic rings. The molecule has 18 heavy (non-hydrogen) atoms. The first-order valence-electron chi connectivity index (χ1n) is 6.08. The molecule has 1 amide bonds. The van der Waals surface area contributed by atoms with Crippen molar-refractivity contribution in [3.63, 3.8) is 0 Å². The third-order valence-electron chi connectivity index (χ3n) is 3.03. The summed E-state index contributed by atoms with van der Waals surface area (Å²) in [6.45, 7) is 5.04. The minimum Gasteiger partial charge on any atom is -0.497 e. The van der Waals surface area contributed by atoms with Gasteiger partial charge in [-0.25, -0.2) is 0 Å². The fourth-order valence-electron chi connectivity index (χ4n) is 1.68. The van der Waals surface area contributed by atoms with Crippen LogP contribution in [-0.4, -0.2) is 31.5 Å². The van der Waals surface area contributed by atoms with Crippen LogP contribution < -0.4 is 4.74 Å². The van der Waals surface area contributed by atoms with E-state index in [0.717, 1.165) is 17.4 Å². The van der Waals surface area contributed by atoms with Gasteiger partial charge in [0.25, 0.3) is 5.91 Å². The van der Waals surface area contributed by atoms with Gasteiger partial charge in [-0.1, -0.05) is 20.3 Å². The summed E-state index contributed by atoms with van der Waals surface area (Å²) < 4.78 is 5.95. The van der Waals surface area contributed by atoms with Crippen LogP contribution in [0, 0.1) is 5.92 Å². The largest absolute Gasteiger partial charge is 0.497 e. The van der Waals surface area contributed by atoms with Gasteiger partial charge < -0.3 is 9.64 Å². The number of amides is 1. The fourth-order valence-corrected chi connectivity index (χ4v) is 2.10. The SMILES string of the molecule is CCC(C)CN(C)C(=O)c1cc(OC)ccc1Br. The van der Waals surface area contributed by atoms with Gasteiger partial charge in [0.2, 0.25) is 0 Å². The summed E-state index contributed by atoms with van der Waals surface area (Å²) >= 11 is 3.41. The molecular formula is C14H20BrNO2. The lowest BCUT2D eigenvalue weighted by Crippen LogP contribution is -2.31. The predicted octanol–water partition coefficient (Wildman–Crippen LogP) is 3.58. The Morgan fingerprint density at radius 1 is 1.50 bits per heavy atom. The van der Waals surface area contributed by atoms with Gasteiger partial charge >= 0.3 is 0 Å². The first-order valence-corrected chi connectivity index (χ1v) is 6.87. The number of carbonyl (C=O) groups excluding carboxylic acids is 1. The van der Waals surface area contributed by atoms with Gasteiger partial charge in [0.1, 0.15) is 5.75 Å². The Morgan fingerprint density at radius 2 is 2.17 bits per heavy atom. The van der Waals surface area contributed by atoms with E-state index >= 15 is 0 Å². The van der Waals surface area contributed by atoms with Crippen molar-refractivity contribution in [1.29, 1.82) is 0 Å². The molecule has 1 aromatic carbocycles. The van der Waals surface area contributed by atoms with Crippen molar-refractivity contribution < 1.29 is 9.53 Å². The third kappa shape index (κ3) is 3.73. The van der Waals surface area contributed by atoms with E-state index in [4.69, 9.17) is 4.74 Å². The normalized spacial score (nSPS) is 12.1. The molecule has 0 heterocycles. The number of nitrogens with zero attached hydrogens (tertiary/aromatic N) is 1. The lowest BCUT2D eigenvalue weighted by molar-refractivity contribution is 0.0773. The molecule has 3 nitrogen and oxygen atoms in total. The van der Waals surface area contributed by atoms with Crippen LogP contribution in [-0.2, 0) is 0 Å². The second-order valence-electron chi connectivity index (χ2n) is 4.54. The molecule has 0 aliphatic carbocycles. The van der Waals surface area contributed by atoms with Gasteiger partial charge in [0.15, 0.2) is 0 Å². The summed E-state index contributed by atoms with van der Waals surface area (Å²) in [7, 11) is 3.43. The maximum Gasteiger partial charge on any atom is 0.254 e. The van der Waals surface area contributed by atoms with E-state index in [1.165, 1.54) is 0 Å². The van der Waals surface area contributed by atoms with Crippen molar-refractivity contribution in [2.45, 2.75) is 20.3 Å². The molecular weight excluding hydrogens is 294 g/mol. The highest BCUT2D eigenvalue weighted by Gasteiger charge is 2.17. The highest BCUT2D eigenvalue weighted by molar-refractivity contribution is 9.10. The minimum absolute atomic E-state index is 0.0149. The second-order valence-corrected chi connectivity index (χ2v) is 5.40. The van der Waals surface area contributed by atoms with E-state index in [9.17, 15) is 4.79 Å². The Morgan fingerprint density at radius 3 is 2.72 bits per heavy atom. The molecule has 0 bridgehead atoms. The highest BCUT2D eigenvalue weighted by atomic mass is 79.9. The van der Waals surface area contributed by atoms with E-state index < -0.39 is 0 Å². The van der Waals surface area contributed by atoms with Crippen molar-refractivity contribution >= 4 is 21.8 Å². The number of hydrogen-bond acceptors (Lipinski definition) is 2. The molecule has 0 aliphatic rings. The summed E-state index contributed by atoms with van der Waals surface area (Å²) in [5.41, 5.74) is 0.639. The molecule has 0 aliphatic heterocycles. The third-order valence-corrected chi connectivity index (χ3v) is 3.72. The first kappa shape index (κ1) is 15.0. The van der Waals surface area contributed by atoms with E-state index in [2.05, 4.69) is 29.8 Å². The maximum atomic E-state index is 12.3. The molecule has 1 atom stereocenters. The van der Waals surface area contributed by atoms with Gasteiger partial charge in [-0.2, -0.15) is 0 Å². The van der Waals surface area contributed by atoms with E-state index in [0.29, 0.717) is 17.2 Å². The van der Waals surface area contributed by atoms with Crippen LogP contribution in [0.1, 0.15) is 30.6 Å². The Hall–Kier alpha value is -1.03. The predicted molar refractivity (Wildman–Crippen MR) is 77.1 cm³/mol. The van der Waals surface area contributed by atoms with Crippen molar-refractivity contribution in [3.8, 4) is 5.75 Å². The maximum absolute atomic E-state index is 12.3. The molecule has 0 radical (unpaired) electrons. The van der Waals surface area contributed by atoms with Crippen LogP contribution in [0.5, 0.6) is 5.75 Å². The zero-order valence-electron chi connectivity index (χ0n) is 11.4. The van der Waals surface area contributed by atoms with E-state index in [1.54, 1.807) is 18.1 Å². The topological polar surface area (TPSA) is 29.5 Å². The number of ether oxygens (including phenoxy) is 1. The molecule has 0 fully saturated rings. The van der Waals surface area contributed by atoms with Crippen molar-refractivity contribution in [3.05, 3.63) is 28.2 Å². The van der Waals surface area contributed by atoms with E-state index in [-0.39, 0.29) is 5.91 Å². The standard InChI is InChI=1S/C14H20BrNO2/c1-5-10(2)9-16(3)14(17)12-8-11(18-4)6-7-13(12)15/h6-8,10H,5,9H2,1-4H3. The lowest BCUT2D eigenvalue weighted by atomic mass is 10.1. The Bertz CT molecular complexity index is 420. The average Bonchev–Trinajstić information content (AvgIpc) is 2.38. The van der Waals surface area contributed by atoms with Crippen molar-refractivity contribution in [1.82, 2.24) is 4.90 Å². The van der Waals surface area contributed by atoms with Gasteiger partial charge in [-0.05, 0) is 40.0 Å². The minimum atomic E-state index is 0.0149. The Labute approximate surface area is 117 Å². The summed E-state index contributed by atoms with van der Waals surface area (Å²) in [5, 5.41) is 0. The Kier molecular flexibility index (Phi) is 5.66. The van der Waals surface area contributed by atoms with Crippen LogP contribution in [0.15, 0.2) is 22.7 Å². The smallest absolute Gasteiger partial charge is 0.254 e. The van der Waals surface area contributed by atoms with Gasteiger partial charge in [0, 0.05) is 18.1 Å². The van der Waals surface area contributed by atoms with Gasteiger partial charge in [-0.15, -0.1) is 0 Å². The number of halogens is 1. The fraction of sp³-hybridized carbons (Fsp3) is 0.500. The molecule has 1 rings (SSSR count). The molecule has 1 unspecified atom stereocenters. The highest BCUT2D eigenvalue weighted by Crippen LogP contribution is 2.23. The zero-order chi connectivity index (χ0) is 13.7. The molecule has 4 heteroatoms. The zero-order valence-corrected chi connectivity index (χ0v) is 13.0. The number of methoxy groups -OCH3 is 1. The van der Waals surface area contributed by atoms with Crippen LogP contribution in [0.3, 0.4) is 0 Å². The van der Waals surface area contributed by atoms with Crippen LogP contribution in [0.25, 0.3) is 0 Å². The summed E-state index contributed by atoms with van der Waals surface area (Å²) in [5.74, 6) is 1.21. The van der Waals surface area contributed by atoms with Crippen LogP contribution >= 0.6 is 15.9 Å². The molecule has 0 spiro atoms. The first-order chi connectivity index (χ1) is 8.49. The van der Waals surface area contributed by atoms with Gasteiger partial charge in [0.05, 0.1) is 12.7 Å². The molecule has 0 N–H and O–H groups in total. The monoisotopic (exact) mass is 313 g/mol. The Balaban J connectivity index is 2.89. The van der Waals surface area contributed by atoms with Crippen molar-refractivity contribution in [2.75, 3.05) is 20.7 Å². The molecule has 0 aromatic heterocycles. The second kappa shape index (κ2) is 6.78. The van der Waals surface area contributed by atoms with Gasteiger partial charge in [-0.3, -0.25) is 4.79 Å². The summed E-state index contributed by atoms with van der Waals surface area (Å²) in [6.07, 6.45) is 1.07.